The molecule has 0 fully saturated rings. The van der Waals surface area contributed by atoms with Crippen molar-refractivity contribution in [2.24, 2.45) is 5.73 Å². The third-order valence-electron chi connectivity index (χ3n) is 6.66. The Morgan fingerprint density at radius 3 is 2.73 bits per heavy atom. The third-order valence-corrected chi connectivity index (χ3v) is 6.66. The summed E-state index contributed by atoms with van der Waals surface area (Å²) in [5, 5.41) is 5.64. The lowest BCUT2D eigenvalue weighted by molar-refractivity contribution is -0.137. The number of anilines is 1. The van der Waals surface area contributed by atoms with E-state index < -0.39 is 17.6 Å². The van der Waals surface area contributed by atoms with Crippen molar-refractivity contribution in [2.75, 3.05) is 5.32 Å². The molecule has 2 aromatic carbocycles. The number of fused-ring (bicyclic) bond motifs is 2. The number of hydrogen-bond acceptors (Lipinski definition) is 5. The van der Waals surface area contributed by atoms with Gasteiger partial charge in [0.15, 0.2) is 0 Å². The molecule has 0 bridgehead atoms. The van der Waals surface area contributed by atoms with E-state index in [4.69, 9.17) is 10.5 Å². The number of nitrogens with zero attached hydrogens (tertiary/aromatic N) is 1. The molecule has 0 spiro atoms. The summed E-state index contributed by atoms with van der Waals surface area (Å²) in [5.41, 5.74) is 7.80. The molecule has 4 N–H and O–H groups in total. The first-order chi connectivity index (χ1) is 17.7. The molecule has 1 aliphatic heterocycles. The topological polar surface area (TPSA) is 106 Å². The maximum atomic E-state index is 13.3. The highest BCUT2D eigenvalue weighted by atomic mass is 19.4. The van der Waals surface area contributed by atoms with Gasteiger partial charge in [0.25, 0.3) is 5.91 Å². The number of carbonyl (C=O) groups is 2. The Balaban J connectivity index is 1.31. The maximum Gasteiger partial charge on any atom is 0.416 e. The van der Waals surface area contributed by atoms with Crippen LogP contribution in [0.15, 0.2) is 48.7 Å². The van der Waals surface area contributed by atoms with E-state index in [1.54, 1.807) is 12.3 Å². The second-order valence-electron chi connectivity index (χ2n) is 9.25. The molecule has 0 unspecified atom stereocenters. The number of carbonyl (C=O) groups excluding carboxylic acids is 2. The zero-order valence-corrected chi connectivity index (χ0v) is 19.8. The quantitative estimate of drug-likeness (QED) is 0.468. The molecule has 2 amide bonds. The number of aryl methyl sites for hydroxylation is 1. The Hall–Kier alpha value is -3.92. The molecule has 10 heteroatoms. The van der Waals surface area contributed by atoms with E-state index in [1.807, 2.05) is 18.2 Å². The van der Waals surface area contributed by atoms with Crippen molar-refractivity contribution >= 4 is 17.6 Å². The summed E-state index contributed by atoms with van der Waals surface area (Å²) >= 11 is 0. The standard InChI is InChI=1S/C27H25F3N4O3/c28-27(29,30)19-10-15(14-31)9-18(11-19)26(36)33-20-3-1-16-2-4-21(13-17(16)12-20)37-23-7-8-32-25-22(23)5-6-24(35)34-25/h2,4,7-11,13,20H,1,3,5-6,12,14,31H2,(H,33,36)(H,32,34,35)/t20-/m1/s1. The molecular weight excluding hydrogens is 485 g/mol. The minimum Gasteiger partial charge on any atom is -0.457 e. The first-order valence-electron chi connectivity index (χ1n) is 12.0. The Labute approximate surface area is 211 Å². The summed E-state index contributed by atoms with van der Waals surface area (Å²) in [4.78, 5) is 28.7. The fraction of sp³-hybridized carbons (Fsp3) is 0.296. The van der Waals surface area contributed by atoms with E-state index in [2.05, 4.69) is 15.6 Å². The van der Waals surface area contributed by atoms with Gasteiger partial charge in [-0.05, 0) is 78.8 Å². The minimum atomic E-state index is -4.57. The van der Waals surface area contributed by atoms with Crippen LogP contribution in [0, 0.1) is 0 Å². The van der Waals surface area contributed by atoms with Gasteiger partial charge in [0.05, 0.1) is 5.56 Å². The number of amides is 2. The van der Waals surface area contributed by atoms with Gasteiger partial charge >= 0.3 is 6.18 Å². The maximum absolute atomic E-state index is 13.3. The Morgan fingerprint density at radius 2 is 1.95 bits per heavy atom. The van der Waals surface area contributed by atoms with Crippen LogP contribution in [0.2, 0.25) is 0 Å². The van der Waals surface area contributed by atoms with E-state index in [-0.39, 0.29) is 29.6 Å². The number of hydrogen-bond donors (Lipinski definition) is 3. The van der Waals surface area contributed by atoms with Crippen molar-refractivity contribution in [2.45, 2.75) is 50.9 Å². The second kappa shape index (κ2) is 9.85. The van der Waals surface area contributed by atoms with Crippen molar-refractivity contribution in [3.05, 3.63) is 82.0 Å². The second-order valence-corrected chi connectivity index (χ2v) is 9.25. The highest BCUT2D eigenvalue weighted by Crippen LogP contribution is 2.35. The van der Waals surface area contributed by atoms with Crippen molar-refractivity contribution in [3.63, 3.8) is 0 Å². The number of rotatable bonds is 5. The number of aromatic nitrogens is 1. The van der Waals surface area contributed by atoms with Crippen LogP contribution in [0.3, 0.4) is 0 Å². The molecule has 192 valence electrons. The van der Waals surface area contributed by atoms with Crippen LogP contribution in [0.4, 0.5) is 19.0 Å². The lowest BCUT2D eigenvalue weighted by Crippen LogP contribution is -2.39. The molecule has 3 aromatic rings. The predicted molar refractivity (Wildman–Crippen MR) is 130 cm³/mol. The van der Waals surface area contributed by atoms with Gasteiger partial charge in [0, 0.05) is 36.3 Å². The van der Waals surface area contributed by atoms with Crippen LogP contribution in [0.25, 0.3) is 0 Å². The molecular formula is C27H25F3N4O3. The first kappa shape index (κ1) is 24.8. The fourth-order valence-electron chi connectivity index (χ4n) is 4.77. The summed E-state index contributed by atoms with van der Waals surface area (Å²) in [6.45, 7) is -0.100. The Morgan fingerprint density at radius 1 is 1.11 bits per heavy atom. The Bertz CT molecular complexity index is 1370. The summed E-state index contributed by atoms with van der Waals surface area (Å²) in [5.74, 6) is 1.09. The number of alkyl halides is 3. The molecule has 1 aromatic heterocycles. The monoisotopic (exact) mass is 510 g/mol. The number of nitrogens with two attached hydrogens (primary N) is 1. The summed E-state index contributed by atoms with van der Waals surface area (Å²) < 4.78 is 45.9. The number of benzene rings is 2. The fourth-order valence-corrected chi connectivity index (χ4v) is 4.77. The van der Waals surface area contributed by atoms with Crippen LogP contribution in [-0.4, -0.2) is 22.8 Å². The predicted octanol–water partition coefficient (Wildman–Crippen LogP) is 4.52. The van der Waals surface area contributed by atoms with Gasteiger partial charge in [-0.2, -0.15) is 13.2 Å². The number of halogens is 3. The number of ether oxygens (including phenoxy) is 1. The van der Waals surface area contributed by atoms with Gasteiger partial charge in [0.2, 0.25) is 5.91 Å². The van der Waals surface area contributed by atoms with E-state index in [0.717, 1.165) is 28.8 Å². The first-order valence-corrected chi connectivity index (χ1v) is 12.0. The molecule has 37 heavy (non-hydrogen) atoms. The van der Waals surface area contributed by atoms with Crippen LogP contribution < -0.4 is 21.1 Å². The molecule has 1 aliphatic carbocycles. The molecule has 5 rings (SSSR count). The summed E-state index contributed by atoms with van der Waals surface area (Å²) in [7, 11) is 0. The highest BCUT2D eigenvalue weighted by Gasteiger charge is 2.32. The van der Waals surface area contributed by atoms with Crippen molar-refractivity contribution in [3.8, 4) is 11.5 Å². The summed E-state index contributed by atoms with van der Waals surface area (Å²) in [6, 6.07) is 10.5. The molecule has 2 heterocycles. The molecule has 7 nitrogen and oxygen atoms in total. The zero-order valence-electron chi connectivity index (χ0n) is 19.8. The lowest BCUT2D eigenvalue weighted by Gasteiger charge is -2.26. The van der Waals surface area contributed by atoms with E-state index in [9.17, 15) is 22.8 Å². The van der Waals surface area contributed by atoms with Gasteiger partial charge in [-0.15, -0.1) is 0 Å². The van der Waals surface area contributed by atoms with Crippen molar-refractivity contribution in [1.29, 1.82) is 0 Å². The molecule has 0 saturated carbocycles. The third kappa shape index (κ3) is 5.43. The Kier molecular flexibility index (Phi) is 6.59. The van der Waals surface area contributed by atoms with Gasteiger partial charge in [0.1, 0.15) is 17.3 Å². The van der Waals surface area contributed by atoms with E-state index >= 15 is 0 Å². The van der Waals surface area contributed by atoms with Gasteiger partial charge in [-0.25, -0.2) is 4.98 Å². The van der Waals surface area contributed by atoms with Crippen LogP contribution >= 0.6 is 0 Å². The average molecular weight is 511 g/mol. The van der Waals surface area contributed by atoms with Crippen molar-refractivity contribution in [1.82, 2.24) is 10.3 Å². The van der Waals surface area contributed by atoms with Gasteiger partial charge in [-0.3, -0.25) is 9.59 Å². The largest absolute Gasteiger partial charge is 0.457 e. The SMILES string of the molecule is NCc1cc(C(=O)N[C@@H]2CCc3ccc(Oc4ccnc5c4CCC(=O)N5)cc3C2)cc(C(F)(F)F)c1. The highest BCUT2D eigenvalue weighted by molar-refractivity contribution is 5.95. The van der Waals surface area contributed by atoms with Crippen LogP contribution in [-0.2, 0) is 36.8 Å². The van der Waals surface area contributed by atoms with Crippen molar-refractivity contribution < 1.29 is 27.5 Å². The smallest absolute Gasteiger partial charge is 0.416 e. The van der Waals surface area contributed by atoms with Crippen LogP contribution in [0.1, 0.15) is 51.0 Å². The zero-order chi connectivity index (χ0) is 26.2. The summed E-state index contributed by atoms with van der Waals surface area (Å²) in [6.07, 6.45) is -0.198. The number of pyridine rings is 1. The van der Waals surface area contributed by atoms with Gasteiger partial charge in [-0.1, -0.05) is 6.07 Å². The minimum absolute atomic E-state index is 0.0623. The van der Waals surface area contributed by atoms with E-state index in [1.165, 1.54) is 6.07 Å². The normalized spacial score (nSPS) is 16.9. The number of nitrogens with one attached hydrogen (secondary N) is 2. The average Bonchev–Trinajstić information content (AvgIpc) is 2.87. The van der Waals surface area contributed by atoms with Crippen LogP contribution in [0.5, 0.6) is 11.5 Å². The van der Waals surface area contributed by atoms with E-state index in [0.29, 0.717) is 49.4 Å². The van der Waals surface area contributed by atoms with Gasteiger partial charge < -0.3 is 21.1 Å². The lowest BCUT2D eigenvalue weighted by atomic mass is 9.88. The molecule has 2 aliphatic rings. The molecule has 0 saturated heterocycles. The molecule has 1 atom stereocenters. The molecule has 0 radical (unpaired) electrons.